The number of fused-ring (bicyclic) bond motifs is 1. The summed E-state index contributed by atoms with van der Waals surface area (Å²) >= 11 is 1.03. The SMILES string of the molecule is CC(NS(=O)(=O)c1ccc2c(c1)sc(=O)n2C(C)C)c1ccc(F)cc1. The van der Waals surface area contributed by atoms with Gasteiger partial charge in [0, 0.05) is 12.1 Å². The Kier molecular flexibility index (Phi) is 5.01. The number of nitrogens with zero attached hydrogens (tertiary/aromatic N) is 1. The zero-order chi connectivity index (χ0) is 19.1. The molecule has 1 heterocycles. The van der Waals surface area contributed by atoms with Crippen LogP contribution in [0.15, 0.2) is 52.2 Å². The van der Waals surface area contributed by atoms with Crippen molar-refractivity contribution in [2.45, 2.75) is 37.8 Å². The molecule has 8 heteroatoms. The van der Waals surface area contributed by atoms with E-state index in [1.165, 1.54) is 24.3 Å². The second-order valence-corrected chi connectivity index (χ2v) is 9.06. The van der Waals surface area contributed by atoms with Gasteiger partial charge in [0.05, 0.1) is 15.1 Å². The topological polar surface area (TPSA) is 68.2 Å². The molecule has 0 fully saturated rings. The van der Waals surface area contributed by atoms with Crippen LogP contribution in [0, 0.1) is 5.82 Å². The van der Waals surface area contributed by atoms with Gasteiger partial charge in [-0.05, 0) is 56.7 Å². The van der Waals surface area contributed by atoms with E-state index < -0.39 is 16.1 Å². The number of halogens is 1. The van der Waals surface area contributed by atoms with Crippen LogP contribution in [0.2, 0.25) is 0 Å². The Balaban J connectivity index is 1.94. The molecule has 0 radical (unpaired) electrons. The lowest BCUT2D eigenvalue weighted by Gasteiger charge is -2.15. The fraction of sp³-hybridized carbons (Fsp3) is 0.278. The summed E-state index contributed by atoms with van der Waals surface area (Å²) in [5.74, 6) is -0.376. The van der Waals surface area contributed by atoms with Crippen molar-refractivity contribution in [1.82, 2.24) is 9.29 Å². The van der Waals surface area contributed by atoms with Crippen molar-refractivity contribution in [3.63, 3.8) is 0 Å². The fourth-order valence-electron chi connectivity index (χ4n) is 2.79. The highest BCUT2D eigenvalue weighted by molar-refractivity contribution is 7.89. The summed E-state index contributed by atoms with van der Waals surface area (Å²) in [5.41, 5.74) is 1.38. The van der Waals surface area contributed by atoms with E-state index >= 15 is 0 Å². The van der Waals surface area contributed by atoms with Gasteiger partial charge in [0.2, 0.25) is 10.0 Å². The van der Waals surface area contributed by atoms with Crippen LogP contribution >= 0.6 is 11.3 Å². The number of benzene rings is 2. The maximum Gasteiger partial charge on any atom is 0.308 e. The standard InChI is InChI=1S/C18H19FN2O3S2/c1-11(2)21-16-9-8-15(10-17(16)25-18(21)22)26(23,24)20-12(3)13-4-6-14(19)7-5-13/h4-12,20H,1-3H3. The summed E-state index contributed by atoms with van der Waals surface area (Å²) in [6, 6.07) is 9.81. The fourth-order valence-corrected chi connectivity index (χ4v) is 5.18. The minimum Gasteiger partial charge on any atom is -0.296 e. The summed E-state index contributed by atoms with van der Waals surface area (Å²) in [5, 5.41) is 0. The molecular weight excluding hydrogens is 375 g/mol. The molecule has 0 bridgehead atoms. The van der Waals surface area contributed by atoms with E-state index in [1.54, 1.807) is 29.7 Å². The summed E-state index contributed by atoms with van der Waals surface area (Å²) < 4.78 is 43.3. The Morgan fingerprint density at radius 1 is 1.08 bits per heavy atom. The molecule has 0 aliphatic carbocycles. The zero-order valence-electron chi connectivity index (χ0n) is 14.6. The van der Waals surface area contributed by atoms with Gasteiger partial charge < -0.3 is 0 Å². The first kappa shape index (κ1) is 18.8. The van der Waals surface area contributed by atoms with Crippen molar-refractivity contribution in [3.05, 3.63) is 63.5 Å². The molecule has 0 amide bonds. The van der Waals surface area contributed by atoms with Gasteiger partial charge in [0.15, 0.2) is 0 Å². The molecule has 0 spiro atoms. The summed E-state index contributed by atoms with van der Waals surface area (Å²) in [6.45, 7) is 5.51. The predicted octanol–water partition coefficient (Wildman–Crippen LogP) is 3.82. The second-order valence-electron chi connectivity index (χ2n) is 6.36. The van der Waals surface area contributed by atoms with E-state index in [4.69, 9.17) is 0 Å². The molecule has 0 saturated carbocycles. The first-order valence-corrected chi connectivity index (χ1v) is 10.4. The Hall–Kier alpha value is -2.03. The monoisotopic (exact) mass is 394 g/mol. The maximum absolute atomic E-state index is 13.0. The van der Waals surface area contributed by atoms with Gasteiger partial charge in [0.1, 0.15) is 5.82 Å². The molecule has 138 valence electrons. The van der Waals surface area contributed by atoms with Crippen molar-refractivity contribution in [3.8, 4) is 0 Å². The van der Waals surface area contributed by atoms with Crippen LogP contribution in [-0.2, 0) is 10.0 Å². The van der Waals surface area contributed by atoms with Gasteiger partial charge in [-0.25, -0.2) is 17.5 Å². The number of rotatable bonds is 5. The van der Waals surface area contributed by atoms with E-state index in [9.17, 15) is 17.6 Å². The number of thiazole rings is 1. The van der Waals surface area contributed by atoms with Gasteiger partial charge in [-0.1, -0.05) is 23.5 Å². The molecule has 26 heavy (non-hydrogen) atoms. The zero-order valence-corrected chi connectivity index (χ0v) is 16.2. The lowest BCUT2D eigenvalue weighted by atomic mass is 10.1. The molecule has 3 aromatic rings. The van der Waals surface area contributed by atoms with Crippen LogP contribution in [0.25, 0.3) is 10.2 Å². The average molecular weight is 394 g/mol. The van der Waals surface area contributed by atoms with Crippen molar-refractivity contribution < 1.29 is 12.8 Å². The molecule has 1 atom stereocenters. The number of hydrogen-bond donors (Lipinski definition) is 1. The van der Waals surface area contributed by atoms with E-state index in [0.29, 0.717) is 10.3 Å². The second kappa shape index (κ2) is 6.94. The van der Waals surface area contributed by atoms with Gasteiger partial charge in [-0.3, -0.25) is 9.36 Å². The largest absolute Gasteiger partial charge is 0.308 e. The van der Waals surface area contributed by atoms with Crippen molar-refractivity contribution in [1.29, 1.82) is 0 Å². The third-order valence-electron chi connectivity index (χ3n) is 4.11. The summed E-state index contributed by atoms with van der Waals surface area (Å²) in [6.07, 6.45) is 0. The number of aromatic nitrogens is 1. The summed E-state index contributed by atoms with van der Waals surface area (Å²) in [4.78, 5) is 12.1. The molecule has 1 N–H and O–H groups in total. The van der Waals surface area contributed by atoms with Gasteiger partial charge >= 0.3 is 4.87 Å². The highest BCUT2D eigenvalue weighted by atomic mass is 32.2. The Morgan fingerprint density at radius 2 is 1.73 bits per heavy atom. The normalized spacial score (nSPS) is 13.4. The van der Waals surface area contributed by atoms with E-state index in [-0.39, 0.29) is 21.6 Å². The minimum absolute atomic E-state index is 0.00432. The lowest BCUT2D eigenvalue weighted by molar-refractivity contribution is 0.566. The third-order valence-corrected chi connectivity index (χ3v) is 6.57. The number of hydrogen-bond acceptors (Lipinski definition) is 4. The Morgan fingerprint density at radius 3 is 2.35 bits per heavy atom. The molecule has 0 aliphatic heterocycles. The average Bonchev–Trinajstić information content (AvgIpc) is 2.89. The van der Waals surface area contributed by atoms with E-state index in [1.807, 2.05) is 13.8 Å². The number of nitrogens with one attached hydrogen (secondary N) is 1. The lowest BCUT2D eigenvalue weighted by Crippen LogP contribution is -2.26. The molecule has 0 saturated heterocycles. The van der Waals surface area contributed by atoms with E-state index in [0.717, 1.165) is 16.9 Å². The van der Waals surface area contributed by atoms with E-state index in [2.05, 4.69) is 4.72 Å². The molecule has 5 nitrogen and oxygen atoms in total. The van der Waals surface area contributed by atoms with Gasteiger partial charge in [-0.2, -0.15) is 0 Å². The van der Waals surface area contributed by atoms with Crippen LogP contribution in [0.4, 0.5) is 4.39 Å². The maximum atomic E-state index is 13.0. The smallest absolute Gasteiger partial charge is 0.296 e. The van der Waals surface area contributed by atoms with Crippen molar-refractivity contribution >= 4 is 31.6 Å². The Bertz CT molecular complexity index is 1100. The minimum atomic E-state index is -3.78. The predicted molar refractivity (Wildman–Crippen MR) is 102 cm³/mol. The highest BCUT2D eigenvalue weighted by Gasteiger charge is 2.20. The van der Waals surface area contributed by atoms with Crippen LogP contribution in [0.1, 0.15) is 38.4 Å². The molecule has 2 aromatic carbocycles. The van der Waals surface area contributed by atoms with Crippen LogP contribution in [0.3, 0.4) is 0 Å². The first-order valence-electron chi connectivity index (χ1n) is 8.12. The van der Waals surface area contributed by atoms with Crippen molar-refractivity contribution in [2.75, 3.05) is 0 Å². The summed E-state index contributed by atoms with van der Waals surface area (Å²) in [7, 11) is -3.78. The molecule has 0 aliphatic rings. The number of sulfonamides is 1. The third kappa shape index (κ3) is 3.58. The molecule has 1 unspecified atom stereocenters. The van der Waals surface area contributed by atoms with Crippen LogP contribution in [0.5, 0.6) is 0 Å². The molecule has 3 rings (SSSR count). The van der Waals surface area contributed by atoms with Crippen LogP contribution in [-0.4, -0.2) is 13.0 Å². The Labute approximate surface area is 155 Å². The van der Waals surface area contributed by atoms with Gasteiger partial charge in [0.25, 0.3) is 0 Å². The molecular formula is C18H19FN2O3S2. The van der Waals surface area contributed by atoms with Gasteiger partial charge in [-0.15, -0.1) is 0 Å². The van der Waals surface area contributed by atoms with Crippen molar-refractivity contribution in [2.24, 2.45) is 0 Å². The quantitative estimate of drug-likeness (QED) is 0.715. The first-order chi connectivity index (χ1) is 12.2. The molecule has 1 aromatic heterocycles. The van der Waals surface area contributed by atoms with Crippen LogP contribution < -0.4 is 9.60 Å². The highest BCUT2D eigenvalue weighted by Crippen LogP contribution is 2.25.